The van der Waals surface area contributed by atoms with Crippen molar-refractivity contribution in [2.45, 2.75) is 56.0 Å². The van der Waals surface area contributed by atoms with Crippen molar-refractivity contribution in [3.05, 3.63) is 29.8 Å². The molecule has 1 aromatic carbocycles. The molecule has 120 valence electrons. The quantitative estimate of drug-likeness (QED) is 0.625. The summed E-state index contributed by atoms with van der Waals surface area (Å²) >= 11 is 1.80. The number of hydrogen-bond acceptors (Lipinski definition) is 3. The van der Waals surface area contributed by atoms with Gasteiger partial charge in [-0.05, 0) is 50.7 Å². The molecule has 4 heteroatoms. The molecule has 0 saturated carbocycles. The van der Waals surface area contributed by atoms with Crippen LogP contribution in [-0.2, 0) is 4.79 Å². The van der Waals surface area contributed by atoms with Gasteiger partial charge in [-0.1, -0.05) is 17.7 Å². The summed E-state index contributed by atoms with van der Waals surface area (Å²) in [6.45, 7) is 2.86. The number of aryl methyl sites for hydroxylation is 1. The molecular weight excluding hydrogens is 292 g/mol. The molecule has 2 aliphatic rings. The van der Waals surface area contributed by atoms with Crippen LogP contribution in [0.4, 0.5) is 0 Å². The molecule has 3 nitrogen and oxygen atoms in total. The molecule has 2 heterocycles. The molecule has 0 spiro atoms. The van der Waals surface area contributed by atoms with Gasteiger partial charge in [-0.15, -0.1) is 11.8 Å². The molecule has 2 aliphatic heterocycles. The number of amides is 1. The Kier molecular flexibility index (Phi) is 5.42. The summed E-state index contributed by atoms with van der Waals surface area (Å²) < 4.78 is 0. The van der Waals surface area contributed by atoms with Gasteiger partial charge < -0.3 is 10.6 Å². The van der Waals surface area contributed by atoms with Crippen LogP contribution in [0.3, 0.4) is 0 Å². The number of benzene rings is 1. The topological polar surface area (TPSA) is 41.1 Å². The van der Waals surface area contributed by atoms with Gasteiger partial charge in [0.05, 0.1) is 0 Å². The molecule has 2 N–H and O–H groups in total. The maximum absolute atomic E-state index is 12.1. The lowest BCUT2D eigenvalue weighted by atomic mass is 9.89. The zero-order valence-corrected chi connectivity index (χ0v) is 14.1. The van der Waals surface area contributed by atoms with E-state index in [0.29, 0.717) is 24.4 Å². The second kappa shape index (κ2) is 7.51. The van der Waals surface area contributed by atoms with Crippen LogP contribution in [0.1, 0.15) is 37.7 Å². The molecule has 2 unspecified atom stereocenters. The van der Waals surface area contributed by atoms with Gasteiger partial charge in [-0.2, -0.15) is 0 Å². The highest BCUT2D eigenvalue weighted by molar-refractivity contribution is 7.99. The van der Waals surface area contributed by atoms with Gasteiger partial charge in [-0.25, -0.2) is 0 Å². The molecule has 3 rings (SSSR count). The number of fused-ring (bicyclic) bond motifs is 2. The average Bonchev–Trinajstić information content (AvgIpc) is 2.84. The van der Waals surface area contributed by atoms with Crippen molar-refractivity contribution in [1.82, 2.24) is 10.6 Å². The fraction of sp³-hybridized carbons (Fsp3) is 0.611. The second-order valence-electron chi connectivity index (χ2n) is 6.69. The minimum Gasteiger partial charge on any atom is -0.355 e. The van der Waals surface area contributed by atoms with Crippen LogP contribution in [0.5, 0.6) is 0 Å². The molecule has 1 amide bonds. The van der Waals surface area contributed by atoms with E-state index in [1.165, 1.54) is 36.1 Å². The van der Waals surface area contributed by atoms with Crippen LogP contribution in [-0.4, -0.2) is 30.3 Å². The van der Waals surface area contributed by atoms with Gasteiger partial charge in [-0.3, -0.25) is 4.79 Å². The first-order valence-electron chi connectivity index (χ1n) is 8.41. The second-order valence-corrected chi connectivity index (χ2v) is 7.86. The molecule has 2 fully saturated rings. The summed E-state index contributed by atoms with van der Waals surface area (Å²) in [7, 11) is 0. The number of piperidine rings is 1. The zero-order valence-electron chi connectivity index (χ0n) is 13.3. The molecule has 2 bridgehead atoms. The Labute approximate surface area is 137 Å². The molecule has 2 saturated heterocycles. The Bertz CT molecular complexity index is 490. The van der Waals surface area contributed by atoms with Crippen molar-refractivity contribution in [2.24, 2.45) is 5.92 Å². The lowest BCUT2D eigenvalue weighted by molar-refractivity contribution is -0.122. The smallest absolute Gasteiger partial charge is 0.220 e. The third kappa shape index (κ3) is 4.50. The lowest BCUT2D eigenvalue weighted by Crippen LogP contribution is -2.39. The number of rotatable bonds is 6. The summed E-state index contributed by atoms with van der Waals surface area (Å²) in [6, 6.07) is 9.90. The Hall–Kier alpha value is -1.00. The summed E-state index contributed by atoms with van der Waals surface area (Å²) in [5.41, 5.74) is 1.29. The van der Waals surface area contributed by atoms with Gasteiger partial charge in [0.15, 0.2) is 0 Å². The predicted molar refractivity (Wildman–Crippen MR) is 92.2 cm³/mol. The Morgan fingerprint density at radius 1 is 1.23 bits per heavy atom. The molecule has 0 aromatic heterocycles. The van der Waals surface area contributed by atoms with Gasteiger partial charge >= 0.3 is 0 Å². The number of nitrogens with one attached hydrogen (secondary N) is 2. The van der Waals surface area contributed by atoms with Gasteiger partial charge in [0.25, 0.3) is 0 Å². The van der Waals surface area contributed by atoms with E-state index in [4.69, 9.17) is 0 Å². The average molecular weight is 318 g/mol. The molecule has 22 heavy (non-hydrogen) atoms. The van der Waals surface area contributed by atoms with E-state index in [1.807, 2.05) is 0 Å². The highest BCUT2D eigenvalue weighted by Crippen LogP contribution is 2.32. The van der Waals surface area contributed by atoms with Gasteiger partial charge in [0.1, 0.15) is 0 Å². The minimum atomic E-state index is 0.232. The van der Waals surface area contributed by atoms with Crippen LogP contribution < -0.4 is 10.6 Å². The van der Waals surface area contributed by atoms with Crippen molar-refractivity contribution >= 4 is 17.7 Å². The maximum atomic E-state index is 12.1. The van der Waals surface area contributed by atoms with E-state index < -0.39 is 0 Å². The van der Waals surface area contributed by atoms with Crippen LogP contribution >= 0.6 is 11.8 Å². The Morgan fingerprint density at radius 3 is 2.59 bits per heavy atom. The van der Waals surface area contributed by atoms with Crippen molar-refractivity contribution in [3.63, 3.8) is 0 Å². The summed E-state index contributed by atoms with van der Waals surface area (Å²) in [6.07, 6.45) is 5.68. The van der Waals surface area contributed by atoms with E-state index >= 15 is 0 Å². The van der Waals surface area contributed by atoms with E-state index in [1.54, 1.807) is 11.8 Å². The van der Waals surface area contributed by atoms with E-state index in [2.05, 4.69) is 41.8 Å². The number of carbonyl (C=O) groups is 1. The largest absolute Gasteiger partial charge is 0.355 e. The van der Waals surface area contributed by atoms with Gasteiger partial charge in [0.2, 0.25) is 5.91 Å². The van der Waals surface area contributed by atoms with Crippen molar-refractivity contribution in [1.29, 1.82) is 0 Å². The third-order valence-corrected chi connectivity index (χ3v) is 5.77. The van der Waals surface area contributed by atoms with E-state index in [0.717, 1.165) is 12.3 Å². The van der Waals surface area contributed by atoms with E-state index in [-0.39, 0.29) is 5.91 Å². The summed E-state index contributed by atoms with van der Waals surface area (Å²) in [4.78, 5) is 13.3. The first-order chi connectivity index (χ1) is 10.7. The van der Waals surface area contributed by atoms with Crippen LogP contribution in [0.2, 0.25) is 0 Å². The van der Waals surface area contributed by atoms with Crippen LogP contribution in [0.15, 0.2) is 29.2 Å². The predicted octanol–water partition coefficient (Wildman–Crippen LogP) is 3.12. The first-order valence-corrected chi connectivity index (χ1v) is 9.40. The SMILES string of the molecule is Cc1ccc(SCCNC(=O)CC2CC3CCC(C2)N3)cc1. The molecule has 2 atom stereocenters. The van der Waals surface area contributed by atoms with Crippen molar-refractivity contribution in [2.75, 3.05) is 12.3 Å². The standard InChI is InChI=1S/C18H26N2OS/c1-13-2-6-17(7-3-13)22-9-8-19-18(21)12-14-10-15-4-5-16(11-14)20-15/h2-3,6-7,14-16,20H,4-5,8-12H2,1H3,(H,19,21). The molecular formula is C18H26N2OS. The van der Waals surface area contributed by atoms with Crippen LogP contribution in [0.25, 0.3) is 0 Å². The Morgan fingerprint density at radius 2 is 1.91 bits per heavy atom. The molecule has 0 aliphatic carbocycles. The first kappa shape index (κ1) is 15.9. The number of carbonyl (C=O) groups excluding carboxylic acids is 1. The van der Waals surface area contributed by atoms with Crippen LogP contribution in [0, 0.1) is 12.8 Å². The van der Waals surface area contributed by atoms with Crippen molar-refractivity contribution < 1.29 is 4.79 Å². The highest BCUT2D eigenvalue weighted by Gasteiger charge is 2.33. The van der Waals surface area contributed by atoms with Gasteiger partial charge in [0, 0.05) is 35.7 Å². The lowest BCUT2D eigenvalue weighted by Gasteiger charge is -2.28. The number of hydrogen-bond donors (Lipinski definition) is 2. The Balaban J connectivity index is 1.32. The summed E-state index contributed by atoms with van der Waals surface area (Å²) in [5, 5.41) is 6.71. The molecule has 0 radical (unpaired) electrons. The summed E-state index contributed by atoms with van der Waals surface area (Å²) in [5.74, 6) is 1.76. The zero-order chi connectivity index (χ0) is 15.4. The maximum Gasteiger partial charge on any atom is 0.220 e. The fourth-order valence-corrected chi connectivity index (χ4v) is 4.44. The fourth-order valence-electron chi connectivity index (χ4n) is 3.67. The minimum absolute atomic E-state index is 0.232. The van der Waals surface area contributed by atoms with Crippen molar-refractivity contribution in [3.8, 4) is 0 Å². The van der Waals surface area contributed by atoms with E-state index in [9.17, 15) is 4.79 Å². The highest BCUT2D eigenvalue weighted by atomic mass is 32.2. The third-order valence-electron chi connectivity index (χ3n) is 4.76. The monoisotopic (exact) mass is 318 g/mol. The number of thioether (sulfide) groups is 1. The molecule has 1 aromatic rings. The normalized spacial score (nSPS) is 26.9.